The van der Waals surface area contributed by atoms with E-state index in [4.69, 9.17) is 0 Å². The molecular formula is C15H12F3N5O2. The zero-order valence-electron chi connectivity index (χ0n) is 12.7. The molecule has 130 valence electrons. The summed E-state index contributed by atoms with van der Waals surface area (Å²) in [5.41, 5.74) is 1.83. The number of carbonyl (C=O) groups excluding carboxylic acids is 1. The molecule has 1 aromatic carbocycles. The monoisotopic (exact) mass is 351 g/mol. The summed E-state index contributed by atoms with van der Waals surface area (Å²) >= 11 is 0. The number of aromatic nitrogens is 4. The van der Waals surface area contributed by atoms with Crippen LogP contribution in [-0.2, 0) is 6.54 Å². The third kappa shape index (κ3) is 4.22. The lowest BCUT2D eigenvalue weighted by molar-refractivity contribution is -0.154. The number of alkyl halides is 3. The SMILES string of the molecule is O=C(NCc1cccnc1OCC(F)(F)F)c1ccc2n[nH]nc2c1. The standard InChI is InChI=1S/C15H12F3N5O2/c16-15(17,18)8-25-14-10(2-1-5-19-14)7-20-13(24)9-3-4-11-12(6-9)22-23-21-11/h1-6H,7-8H2,(H,20,24)(H,21,22,23). The Morgan fingerprint density at radius 2 is 2.00 bits per heavy atom. The minimum absolute atomic E-state index is 0.0310. The average Bonchev–Trinajstić information content (AvgIpc) is 3.05. The summed E-state index contributed by atoms with van der Waals surface area (Å²) in [5.74, 6) is -0.581. The van der Waals surface area contributed by atoms with Gasteiger partial charge in [-0.2, -0.15) is 28.6 Å². The molecule has 2 aromatic heterocycles. The lowest BCUT2D eigenvalue weighted by Crippen LogP contribution is -2.24. The Bertz CT molecular complexity index is 894. The van der Waals surface area contributed by atoms with Crippen molar-refractivity contribution < 1.29 is 22.7 Å². The van der Waals surface area contributed by atoms with E-state index in [2.05, 4.69) is 30.4 Å². The molecule has 0 aliphatic carbocycles. The van der Waals surface area contributed by atoms with Gasteiger partial charge in [-0.05, 0) is 24.3 Å². The van der Waals surface area contributed by atoms with Gasteiger partial charge in [0.05, 0.1) is 0 Å². The topological polar surface area (TPSA) is 92.8 Å². The van der Waals surface area contributed by atoms with E-state index < -0.39 is 18.7 Å². The van der Waals surface area contributed by atoms with Crippen LogP contribution in [0.5, 0.6) is 5.88 Å². The van der Waals surface area contributed by atoms with Gasteiger partial charge in [0.25, 0.3) is 5.91 Å². The van der Waals surface area contributed by atoms with E-state index in [0.717, 1.165) is 0 Å². The molecule has 2 N–H and O–H groups in total. The Balaban J connectivity index is 1.67. The van der Waals surface area contributed by atoms with Gasteiger partial charge in [-0.1, -0.05) is 6.07 Å². The van der Waals surface area contributed by atoms with Crippen molar-refractivity contribution >= 4 is 16.9 Å². The molecule has 0 fully saturated rings. The maximum Gasteiger partial charge on any atom is 0.422 e. The number of rotatable bonds is 5. The first-order valence-corrected chi connectivity index (χ1v) is 7.14. The van der Waals surface area contributed by atoms with Gasteiger partial charge in [0.2, 0.25) is 5.88 Å². The van der Waals surface area contributed by atoms with E-state index in [1.165, 1.54) is 12.3 Å². The number of nitrogens with zero attached hydrogens (tertiary/aromatic N) is 3. The zero-order chi connectivity index (χ0) is 17.9. The van der Waals surface area contributed by atoms with E-state index in [9.17, 15) is 18.0 Å². The second-order valence-corrected chi connectivity index (χ2v) is 5.08. The molecule has 0 spiro atoms. The number of H-pyrrole nitrogens is 1. The summed E-state index contributed by atoms with van der Waals surface area (Å²) in [7, 11) is 0. The first kappa shape index (κ1) is 16.7. The van der Waals surface area contributed by atoms with Crippen LogP contribution in [0, 0.1) is 0 Å². The lowest BCUT2D eigenvalue weighted by atomic mass is 10.2. The van der Waals surface area contributed by atoms with E-state index in [1.54, 1.807) is 24.3 Å². The van der Waals surface area contributed by atoms with Crippen LogP contribution in [0.3, 0.4) is 0 Å². The summed E-state index contributed by atoms with van der Waals surface area (Å²) in [6.07, 6.45) is -3.15. The number of nitrogens with one attached hydrogen (secondary N) is 2. The summed E-state index contributed by atoms with van der Waals surface area (Å²) in [4.78, 5) is 16.0. The number of ether oxygens (including phenoxy) is 1. The number of benzene rings is 1. The van der Waals surface area contributed by atoms with E-state index in [-0.39, 0.29) is 12.4 Å². The number of aromatic amines is 1. The Hall–Kier alpha value is -3.17. The van der Waals surface area contributed by atoms with Crippen molar-refractivity contribution in [1.29, 1.82) is 0 Å². The van der Waals surface area contributed by atoms with Gasteiger partial charge in [0.15, 0.2) is 6.61 Å². The number of carbonyl (C=O) groups is 1. The van der Waals surface area contributed by atoms with Crippen LogP contribution in [0.2, 0.25) is 0 Å². The average molecular weight is 351 g/mol. The summed E-state index contributed by atoms with van der Waals surface area (Å²) < 4.78 is 41.5. The number of hydrogen-bond donors (Lipinski definition) is 2. The molecule has 7 nitrogen and oxygen atoms in total. The Morgan fingerprint density at radius 1 is 1.20 bits per heavy atom. The molecule has 0 saturated heterocycles. The molecule has 3 aromatic rings. The van der Waals surface area contributed by atoms with Crippen molar-refractivity contribution in [2.75, 3.05) is 6.61 Å². The normalized spacial score (nSPS) is 11.5. The van der Waals surface area contributed by atoms with Crippen LogP contribution in [0.25, 0.3) is 11.0 Å². The van der Waals surface area contributed by atoms with E-state index in [1.807, 2.05) is 0 Å². The van der Waals surface area contributed by atoms with Gasteiger partial charge in [-0.25, -0.2) is 4.98 Å². The van der Waals surface area contributed by atoms with Crippen LogP contribution in [0.4, 0.5) is 13.2 Å². The fraction of sp³-hybridized carbons (Fsp3) is 0.200. The molecule has 0 bridgehead atoms. The van der Waals surface area contributed by atoms with Gasteiger partial charge in [-0.3, -0.25) is 4.79 Å². The Labute approximate surface area is 139 Å². The van der Waals surface area contributed by atoms with Crippen LogP contribution in [-0.4, -0.2) is 39.1 Å². The van der Waals surface area contributed by atoms with Crippen molar-refractivity contribution in [3.05, 3.63) is 47.7 Å². The second kappa shape index (κ2) is 6.75. The van der Waals surface area contributed by atoms with Crippen molar-refractivity contribution in [3.63, 3.8) is 0 Å². The number of amides is 1. The Morgan fingerprint density at radius 3 is 2.80 bits per heavy atom. The molecule has 0 aliphatic rings. The maximum atomic E-state index is 12.3. The first-order chi connectivity index (χ1) is 11.9. The van der Waals surface area contributed by atoms with Crippen molar-refractivity contribution in [2.24, 2.45) is 0 Å². The molecule has 2 heterocycles. The van der Waals surface area contributed by atoms with Crippen molar-refractivity contribution in [3.8, 4) is 5.88 Å². The second-order valence-electron chi connectivity index (χ2n) is 5.08. The van der Waals surface area contributed by atoms with Crippen LogP contribution >= 0.6 is 0 Å². The first-order valence-electron chi connectivity index (χ1n) is 7.14. The number of hydrogen-bond acceptors (Lipinski definition) is 5. The maximum absolute atomic E-state index is 12.3. The highest BCUT2D eigenvalue weighted by molar-refractivity contribution is 5.97. The number of pyridine rings is 1. The van der Waals surface area contributed by atoms with Gasteiger partial charge in [-0.15, -0.1) is 0 Å². The molecule has 0 radical (unpaired) electrons. The molecule has 0 aliphatic heterocycles. The van der Waals surface area contributed by atoms with E-state index >= 15 is 0 Å². The van der Waals surface area contributed by atoms with Crippen molar-refractivity contribution in [2.45, 2.75) is 12.7 Å². The summed E-state index contributed by atoms with van der Waals surface area (Å²) in [6, 6.07) is 7.84. The predicted molar refractivity (Wildman–Crippen MR) is 80.8 cm³/mol. The number of halogens is 3. The summed E-state index contributed by atoms with van der Waals surface area (Å²) in [5, 5.41) is 12.8. The molecule has 0 saturated carbocycles. The fourth-order valence-electron chi connectivity index (χ4n) is 2.10. The lowest BCUT2D eigenvalue weighted by Gasteiger charge is -2.12. The largest absolute Gasteiger partial charge is 0.468 e. The third-order valence-electron chi connectivity index (χ3n) is 3.24. The van der Waals surface area contributed by atoms with E-state index in [0.29, 0.717) is 22.2 Å². The molecule has 0 unspecified atom stereocenters. The molecule has 1 amide bonds. The van der Waals surface area contributed by atoms with Gasteiger partial charge in [0, 0.05) is 23.9 Å². The van der Waals surface area contributed by atoms with Crippen LogP contribution in [0.1, 0.15) is 15.9 Å². The highest BCUT2D eigenvalue weighted by atomic mass is 19.4. The van der Waals surface area contributed by atoms with Crippen molar-refractivity contribution in [1.82, 2.24) is 25.7 Å². The molecular weight excluding hydrogens is 339 g/mol. The fourth-order valence-corrected chi connectivity index (χ4v) is 2.10. The Kier molecular flexibility index (Phi) is 4.50. The van der Waals surface area contributed by atoms with Gasteiger partial charge >= 0.3 is 6.18 Å². The predicted octanol–water partition coefficient (Wildman–Crippen LogP) is 2.22. The quantitative estimate of drug-likeness (QED) is 0.735. The van der Waals surface area contributed by atoms with Crippen LogP contribution < -0.4 is 10.1 Å². The molecule has 3 rings (SSSR count). The van der Waals surface area contributed by atoms with Crippen LogP contribution in [0.15, 0.2) is 36.5 Å². The molecule has 10 heteroatoms. The van der Waals surface area contributed by atoms with Gasteiger partial charge in [0.1, 0.15) is 11.0 Å². The molecule has 0 atom stereocenters. The number of fused-ring (bicyclic) bond motifs is 1. The van der Waals surface area contributed by atoms with Gasteiger partial charge < -0.3 is 10.1 Å². The molecule has 25 heavy (non-hydrogen) atoms. The minimum atomic E-state index is -4.47. The third-order valence-corrected chi connectivity index (χ3v) is 3.24. The minimum Gasteiger partial charge on any atom is -0.468 e. The zero-order valence-corrected chi connectivity index (χ0v) is 12.7. The highest BCUT2D eigenvalue weighted by Gasteiger charge is 2.29. The smallest absolute Gasteiger partial charge is 0.422 e. The summed E-state index contributed by atoms with van der Waals surface area (Å²) in [6.45, 7) is -1.48. The highest BCUT2D eigenvalue weighted by Crippen LogP contribution is 2.20.